The first-order valence-corrected chi connectivity index (χ1v) is 6.91. The second kappa shape index (κ2) is 6.44. The summed E-state index contributed by atoms with van der Waals surface area (Å²) in [7, 11) is 2.19. The van der Waals surface area contributed by atoms with Crippen LogP contribution in [0.1, 0.15) is 24.8 Å². The molecule has 0 bridgehead atoms. The molecule has 0 aromatic heterocycles. The van der Waals surface area contributed by atoms with Crippen LogP contribution in [0.2, 0.25) is 0 Å². The average molecular weight is 258 g/mol. The van der Waals surface area contributed by atoms with Gasteiger partial charge in [-0.1, -0.05) is 0 Å². The van der Waals surface area contributed by atoms with E-state index in [9.17, 15) is 0 Å². The number of nitriles is 1. The predicted molar refractivity (Wildman–Crippen MR) is 78.9 cm³/mol. The first kappa shape index (κ1) is 13.7. The van der Waals surface area contributed by atoms with E-state index in [1.165, 1.54) is 32.4 Å². The minimum atomic E-state index is 0.608. The number of nitrogens with two attached hydrogens (primary N) is 1. The van der Waals surface area contributed by atoms with Crippen LogP contribution in [0.4, 0.5) is 11.4 Å². The van der Waals surface area contributed by atoms with Gasteiger partial charge in [0, 0.05) is 13.1 Å². The van der Waals surface area contributed by atoms with E-state index < -0.39 is 0 Å². The quantitative estimate of drug-likeness (QED) is 0.813. The van der Waals surface area contributed by atoms with Crippen LogP contribution in [-0.4, -0.2) is 31.6 Å². The standard InChI is InChI=1S/C15H22N4/c1-19-8-2-3-12(11-19)6-7-18-15-5-4-13(10-16)9-14(15)17/h4-5,9,12,18H,2-3,6-8,11,17H2,1H3. The number of anilines is 2. The van der Waals surface area contributed by atoms with E-state index in [0.29, 0.717) is 11.3 Å². The van der Waals surface area contributed by atoms with E-state index in [0.717, 1.165) is 18.2 Å². The molecule has 1 aliphatic heterocycles. The number of hydrogen-bond acceptors (Lipinski definition) is 4. The van der Waals surface area contributed by atoms with Crippen LogP contribution in [0.5, 0.6) is 0 Å². The van der Waals surface area contributed by atoms with E-state index >= 15 is 0 Å². The van der Waals surface area contributed by atoms with Gasteiger partial charge in [0.2, 0.25) is 0 Å². The van der Waals surface area contributed by atoms with Gasteiger partial charge in [0.25, 0.3) is 0 Å². The Balaban J connectivity index is 1.81. The Morgan fingerprint density at radius 2 is 2.37 bits per heavy atom. The van der Waals surface area contributed by atoms with Gasteiger partial charge in [-0.3, -0.25) is 0 Å². The van der Waals surface area contributed by atoms with Gasteiger partial charge in [-0.15, -0.1) is 0 Å². The predicted octanol–water partition coefficient (Wildman–Crippen LogP) is 2.28. The molecule has 1 heterocycles. The summed E-state index contributed by atoms with van der Waals surface area (Å²) in [6, 6.07) is 7.50. The summed E-state index contributed by atoms with van der Waals surface area (Å²) in [6.07, 6.45) is 3.80. The van der Waals surface area contributed by atoms with Gasteiger partial charge in [-0.25, -0.2) is 0 Å². The number of piperidine rings is 1. The largest absolute Gasteiger partial charge is 0.397 e. The molecule has 1 aliphatic rings. The van der Waals surface area contributed by atoms with Crippen LogP contribution in [0.25, 0.3) is 0 Å². The molecule has 1 unspecified atom stereocenters. The van der Waals surface area contributed by atoms with E-state index in [1.54, 1.807) is 12.1 Å². The van der Waals surface area contributed by atoms with E-state index in [1.807, 2.05) is 6.07 Å². The highest BCUT2D eigenvalue weighted by atomic mass is 15.1. The zero-order valence-corrected chi connectivity index (χ0v) is 11.5. The molecule has 1 fully saturated rings. The molecule has 0 radical (unpaired) electrons. The molecule has 1 aromatic carbocycles. The Bertz CT molecular complexity index is 464. The lowest BCUT2D eigenvalue weighted by atomic mass is 9.95. The van der Waals surface area contributed by atoms with Crippen molar-refractivity contribution < 1.29 is 0 Å². The summed E-state index contributed by atoms with van der Waals surface area (Å²) in [5.74, 6) is 0.783. The number of hydrogen-bond donors (Lipinski definition) is 2. The first-order chi connectivity index (χ1) is 9.19. The molecular formula is C15H22N4. The van der Waals surface area contributed by atoms with Crippen molar-refractivity contribution in [2.75, 3.05) is 37.7 Å². The van der Waals surface area contributed by atoms with Crippen molar-refractivity contribution in [3.63, 3.8) is 0 Å². The number of nitrogen functional groups attached to an aromatic ring is 1. The van der Waals surface area contributed by atoms with E-state index in [-0.39, 0.29) is 0 Å². The van der Waals surface area contributed by atoms with Gasteiger partial charge in [0.1, 0.15) is 0 Å². The van der Waals surface area contributed by atoms with Gasteiger partial charge < -0.3 is 16.0 Å². The molecular weight excluding hydrogens is 236 g/mol. The van der Waals surface area contributed by atoms with E-state index in [2.05, 4.69) is 23.3 Å². The zero-order chi connectivity index (χ0) is 13.7. The summed E-state index contributed by atoms with van der Waals surface area (Å²) in [5, 5.41) is 12.2. The van der Waals surface area contributed by atoms with Crippen LogP contribution < -0.4 is 11.1 Å². The lowest BCUT2D eigenvalue weighted by Gasteiger charge is -2.29. The third-order valence-corrected chi connectivity index (χ3v) is 3.77. The molecule has 102 valence electrons. The Morgan fingerprint density at radius 3 is 3.05 bits per heavy atom. The van der Waals surface area contributed by atoms with Gasteiger partial charge in [-0.05, 0) is 57.0 Å². The Morgan fingerprint density at radius 1 is 1.53 bits per heavy atom. The molecule has 0 spiro atoms. The highest BCUT2D eigenvalue weighted by Crippen LogP contribution is 2.21. The lowest BCUT2D eigenvalue weighted by Crippen LogP contribution is -2.32. The van der Waals surface area contributed by atoms with E-state index in [4.69, 9.17) is 11.0 Å². The van der Waals surface area contributed by atoms with Crippen LogP contribution >= 0.6 is 0 Å². The van der Waals surface area contributed by atoms with Gasteiger partial charge in [0.15, 0.2) is 0 Å². The molecule has 4 nitrogen and oxygen atoms in total. The van der Waals surface area contributed by atoms with Crippen LogP contribution in [0.15, 0.2) is 18.2 Å². The van der Waals surface area contributed by atoms with Crippen LogP contribution in [-0.2, 0) is 0 Å². The van der Waals surface area contributed by atoms with Gasteiger partial charge in [0.05, 0.1) is 23.0 Å². The van der Waals surface area contributed by atoms with Crippen molar-refractivity contribution in [1.29, 1.82) is 5.26 Å². The Kier molecular flexibility index (Phi) is 4.64. The number of nitrogens with one attached hydrogen (secondary N) is 1. The van der Waals surface area contributed by atoms with Crippen molar-refractivity contribution in [3.05, 3.63) is 23.8 Å². The second-order valence-electron chi connectivity index (χ2n) is 5.40. The topological polar surface area (TPSA) is 65.1 Å². The lowest BCUT2D eigenvalue weighted by molar-refractivity contribution is 0.205. The third kappa shape index (κ3) is 3.87. The molecule has 0 amide bonds. The number of nitrogens with zero attached hydrogens (tertiary/aromatic N) is 2. The molecule has 3 N–H and O–H groups in total. The molecule has 0 aliphatic carbocycles. The zero-order valence-electron chi connectivity index (χ0n) is 11.5. The number of benzene rings is 1. The van der Waals surface area contributed by atoms with Crippen molar-refractivity contribution in [2.24, 2.45) is 5.92 Å². The van der Waals surface area contributed by atoms with Crippen molar-refractivity contribution in [2.45, 2.75) is 19.3 Å². The summed E-state index contributed by atoms with van der Waals surface area (Å²) in [4.78, 5) is 2.41. The Labute approximate surface area is 115 Å². The third-order valence-electron chi connectivity index (χ3n) is 3.77. The minimum absolute atomic E-state index is 0.608. The molecule has 1 saturated heterocycles. The van der Waals surface area contributed by atoms with Crippen molar-refractivity contribution in [3.8, 4) is 6.07 Å². The van der Waals surface area contributed by atoms with Crippen LogP contribution in [0, 0.1) is 17.2 Å². The fourth-order valence-electron chi connectivity index (χ4n) is 2.71. The smallest absolute Gasteiger partial charge is 0.0992 e. The molecule has 2 rings (SSSR count). The summed E-state index contributed by atoms with van der Waals surface area (Å²) in [6.45, 7) is 3.37. The fourth-order valence-corrected chi connectivity index (χ4v) is 2.71. The molecule has 19 heavy (non-hydrogen) atoms. The summed E-state index contributed by atoms with van der Waals surface area (Å²) < 4.78 is 0. The van der Waals surface area contributed by atoms with Gasteiger partial charge in [-0.2, -0.15) is 5.26 Å². The minimum Gasteiger partial charge on any atom is -0.397 e. The maximum Gasteiger partial charge on any atom is 0.0992 e. The Hall–Kier alpha value is -1.73. The highest BCUT2D eigenvalue weighted by Gasteiger charge is 2.16. The fraction of sp³-hybridized carbons (Fsp3) is 0.533. The monoisotopic (exact) mass is 258 g/mol. The molecule has 4 heteroatoms. The maximum atomic E-state index is 8.79. The normalized spacial score (nSPS) is 19.9. The van der Waals surface area contributed by atoms with Crippen molar-refractivity contribution in [1.82, 2.24) is 4.90 Å². The summed E-state index contributed by atoms with van der Waals surface area (Å²) >= 11 is 0. The van der Waals surface area contributed by atoms with Crippen molar-refractivity contribution >= 4 is 11.4 Å². The molecule has 1 aromatic rings. The average Bonchev–Trinajstić information content (AvgIpc) is 2.40. The summed E-state index contributed by atoms with van der Waals surface area (Å²) in [5.41, 5.74) is 8.11. The SMILES string of the molecule is CN1CCCC(CCNc2ccc(C#N)cc2N)C1. The molecule has 0 saturated carbocycles. The van der Waals surface area contributed by atoms with Crippen LogP contribution in [0.3, 0.4) is 0 Å². The highest BCUT2D eigenvalue weighted by molar-refractivity contribution is 5.68. The van der Waals surface area contributed by atoms with Gasteiger partial charge >= 0.3 is 0 Å². The number of rotatable bonds is 4. The maximum absolute atomic E-state index is 8.79. The molecule has 1 atom stereocenters. The second-order valence-corrected chi connectivity index (χ2v) is 5.40. The number of likely N-dealkylation sites (tertiary alicyclic amines) is 1. The first-order valence-electron chi connectivity index (χ1n) is 6.91.